The first-order valence-corrected chi connectivity index (χ1v) is 6.52. The molecule has 1 rings (SSSR count). The fraction of sp³-hybridized carbons (Fsp3) is 0.455. The molecule has 0 saturated carbocycles. The minimum atomic E-state index is -3.10. The molecule has 0 amide bonds. The van der Waals surface area contributed by atoms with Crippen molar-refractivity contribution in [2.75, 3.05) is 6.26 Å². The Morgan fingerprint density at radius 1 is 1.21 bits per heavy atom. The first-order valence-electron chi connectivity index (χ1n) is 4.63. The number of benzene rings is 1. The van der Waals surface area contributed by atoms with E-state index in [4.69, 9.17) is 0 Å². The molecule has 0 heterocycles. The normalized spacial score (nSPS) is 12.1. The molecule has 1 aromatic carbocycles. The quantitative estimate of drug-likeness (QED) is 0.755. The zero-order valence-corrected chi connectivity index (χ0v) is 9.85. The van der Waals surface area contributed by atoms with Gasteiger partial charge in [0.25, 0.3) is 0 Å². The Kier molecular flexibility index (Phi) is 3.00. The lowest BCUT2D eigenvalue weighted by Gasteiger charge is -2.11. The molecule has 78 valence electrons. The van der Waals surface area contributed by atoms with Gasteiger partial charge in [-0.2, -0.15) is 0 Å². The molecule has 0 aromatic heterocycles. The summed E-state index contributed by atoms with van der Waals surface area (Å²) in [4.78, 5) is 0.457. The average molecular weight is 212 g/mol. The van der Waals surface area contributed by atoms with Crippen LogP contribution < -0.4 is 0 Å². The van der Waals surface area contributed by atoms with Crippen molar-refractivity contribution in [3.63, 3.8) is 0 Å². The molecule has 0 unspecified atom stereocenters. The SMILES string of the molecule is Cc1ccc(S(C)(=O)=O)c(C(C)C)c1. The second kappa shape index (κ2) is 3.73. The Morgan fingerprint density at radius 3 is 2.21 bits per heavy atom. The third kappa shape index (κ3) is 2.35. The van der Waals surface area contributed by atoms with E-state index in [1.54, 1.807) is 6.07 Å². The molecular formula is C11H16O2S. The van der Waals surface area contributed by atoms with Crippen LogP contribution in [0.5, 0.6) is 0 Å². The van der Waals surface area contributed by atoms with Gasteiger partial charge in [0.05, 0.1) is 4.90 Å². The fourth-order valence-electron chi connectivity index (χ4n) is 1.46. The van der Waals surface area contributed by atoms with Crippen molar-refractivity contribution in [2.24, 2.45) is 0 Å². The number of hydrogen-bond donors (Lipinski definition) is 0. The van der Waals surface area contributed by atoms with Crippen molar-refractivity contribution in [1.82, 2.24) is 0 Å². The first kappa shape index (κ1) is 11.2. The number of aryl methyl sites for hydroxylation is 1. The van der Waals surface area contributed by atoms with Gasteiger partial charge in [0.2, 0.25) is 0 Å². The molecule has 0 aliphatic carbocycles. The summed E-state index contributed by atoms with van der Waals surface area (Å²) in [6.45, 7) is 5.98. The maximum Gasteiger partial charge on any atom is 0.175 e. The molecule has 0 N–H and O–H groups in total. The second-order valence-electron chi connectivity index (χ2n) is 3.97. The van der Waals surface area contributed by atoms with Crippen molar-refractivity contribution in [3.05, 3.63) is 29.3 Å². The van der Waals surface area contributed by atoms with Crippen LogP contribution in [0.1, 0.15) is 30.9 Å². The standard InChI is InChI=1S/C11H16O2S/c1-8(2)10-7-9(3)5-6-11(10)14(4,12)13/h5-8H,1-4H3. The minimum Gasteiger partial charge on any atom is -0.224 e. The lowest BCUT2D eigenvalue weighted by molar-refractivity contribution is 0.599. The highest BCUT2D eigenvalue weighted by molar-refractivity contribution is 7.90. The van der Waals surface area contributed by atoms with Gasteiger partial charge in [0.1, 0.15) is 0 Å². The zero-order valence-electron chi connectivity index (χ0n) is 9.03. The van der Waals surface area contributed by atoms with Crippen molar-refractivity contribution >= 4 is 9.84 Å². The van der Waals surface area contributed by atoms with Crippen LogP contribution in [0.4, 0.5) is 0 Å². The Labute approximate surface area is 85.9 Å². The van der Waals surface area contributed by atoms with Crippen molar-refractivity contribution in [1.29, 1.82) is 0 Å². The van der Waals surface area contributed by atoms with E-state index in [0.717, 1.165) is 11.1 Å². The van der Waals surface area contributed by atoms with Gasteiger partial charge in [0.15, 0.2) is 9.84 Å². The van der Waals surface area contributed by atoms with Crippen LogP contribution >= 0.6 is 0 Å². The van der Waals surface area contributed by atoms with Gasteiger partial charge in [-0.1, -0.05) is 31.5 Å². The molecule has 0 saturated heterocycles. The average Bonchev–Trinajstić information content (AvgIpc) is 2.01. The maximum atomic E-state index is 11.5. The second-order valence-corrected chi connectivity index (χ2v) is 5.95. The fourth-order valence-corrected chi connectivity index (χ4v) is 2.49. The van der Waals surface area contributed by atoms with Crippen molar-refractivity contribution < 1.29 is 8.42 Å². The number of hydrogen-bond acceptors (Lipinski definition) is 2. The summed E-state index contributed by atoms with van der Waals surface area (Å²) in [6.07, 6.45) is 1.25. The number of sulfone groups is 1. The molecular weight excluding hydrogens is 196 g/mol. The molecule has 14 heavy (non-hydrogen) atoms. The van der Waals surface area contributed by atoms with E-state index >= 15 is 0 Å². The third-order valence-corrected chi connectivity index (χ3v) is 3.36. The Hall–Kier alpha value is -0.830. The lowest BCUT2D eigenvalue weighted by atomic mass is 10.0. The van der Waals surface area contributed by atoms with E-state index in [1.807, 2.05) is 32.9 Å². The molecule has 0 spiro atoms. The van der Waals surface area contributed by atoms with Gasteiger partial charge in [-0.3, -0.25) is 0 Å². The van der Waals surface area contributed by atoms with E-state index in [9.17, 15) is 8.42 Å². The zero-order chi connectivity index (χ0) is 10.9. The highest BCUT2D eigenvalue weighted by Crippen LogP contribution is 2.24. The molecule has 0 aliphatic heterocycles. The minimum absolute atomic E-state index is 0.236. The summed E-state index contributed by atoms with van der Waals surface area (Å²) < 4.78 is 22.9. The van der Waals surface area contributed by atoms with Crippen molar-refractivity contribution in [3.8, 4) is 0 Å². The van der Waals surface area contributed by atoms with Crippen LogP contribution in [0.2, 0.25) is 0 Å². The first-order chi connectivity index (χ1) is 6.32. The van der Waals surface area contributed by atoms with Crippen LogP contribution in [0.15, 0.2) is 23.1 Å². The molecule has 0 fully saturated rings. The Bertz CT molecular complexity index is 431. The number of rotatable bonds is 2. The largest absolute Gasteiger partial charge is 0.224 e. The van der Waals surface area contributed by atoms with Gasteiger partial charge in [-0.25, -0.2) is 8.42 Å². The van der Waals surface area contributed by atoms with E-state index < -0.39 is 9.84 Å². The van der Waals surface area contributed by atoms with Crippen LogP contribution in [-0.4, -0.2) is 14.7 Å². The summed E-state index contributed by atoms with van der Waals surface area (Å²) in [5.74, 6) is 0.236. The summed E-state index contributed by atoms with van der Waals surface area (Å²) in [6, 6.07) is 5.48. The summed E-state index contributed by atoms with van der Waals surface area (Å²) in [5.41, 5.74) is 2.01. The van der Waals surface area contributed by atoms with Crippen LogP contribution in [-0.2, 0) is 9.84 Å². The monoisotopic (exact) mass is 212 g/mol. The van der Waals surface area contributed by atoms with Crippen LogP contribution in [0, 0.1) is 6.92 Å². The smallest absolute Gasteiger partial charge is 0.175 e. The summed E-state index contributed by atoms with van der Waals surface area (Å²) >= 11 is 0. The lowest BCUT2D eigenvalue weighted by Crippen LogP contribution is -2.04. The Balaban J connectivity index is 3.45. The Morgan fingerprint density at radius 2 is 1.79 bits per heavy atom. The van der Waals surface area contributed by atoms with Crippen LogP contribution in [0.25, 0.3) is 0 Å². The summed E-state index contributed by atoms with van der Waals surface area (Å²) in [5, 5.41) is 0. The van der Waals surface area contributed by atoms with E-state index in [-0.39, 0.29) is 5.92 Å². The summed E-state index contributed by atoms with van der Waals surface area (Å²) in [7, 11) is -3.10. The molecule has 0 radical (unpaired) electrons. The predicted octanol–water partition coefficient (Wildman–Crippen LogP) is 2.52. The van der Waals surface area contributed by atoms with E-state index in [1.165, 1.54) is 6.26 Å². The van der Waals surface area contributed by atoms with Gasteiger partial charge in [-0.15, -0.1) is 0 Å². The van der Waals surface area contributed by atoms with Gasteiger partial charge >= 0.3 is 0 Å². The molecule has 2 nitrogen and oxygen atoms in total. The molecule has 0 bridgehead atoms. The molecule has 0 aliphatic rings. The van der Waals surface area contributed by atoms with E-state index in [2.05, 4.69) is 0 Å². The predicted molar refractivity (Wildman–Crippen MR) is 58.4 cm³/mol. The third-order valence-electron chi connectivity index (χ3n) is 2.19. The highest BCUT2D eigenvalue weighted by Gasteiger charge is 2.14. The van der Waals surface area contributed by atoms with Crippen LogP contribution in [0.3, 0.4) is 0 Å². The van der Waals surface area contributed by atoms with Crippen molar-refractivity contribution in [2.45, 2.75) is 31.6 Å². The van der Waals surface area contributed by atoms with Gasteiger partial charge in [-0.05, 0) is 24.5 Å². The maximum absolute atomic E-state index is 11.5. The highest BCUT2D eigenvalue weighted by atomic mass is 32.2. The van der Waals surface area contributed by atoms with Gasteiger partial charge < -0.3 is 0 Å². The topological polar surface area (TPSA) is 34.1 Å². The van der Waals surface area contributed by atoms with Gasteiger partial charge in [0, 0.05) is 6.26 Å². The molecule has 1 aromatic rings. The molecule has 3 heteroatoms. The van der Waals surface area contributed by atoms with E-state index in [0.29, 0.717) is 4.90 Å². The molecule has 0 atom stereocenters.